The second-order valence-corrected chi connectivity index (χ2v) is 13.2. The second kappa shape index (κ2) is 15.5. The van der Waals surface area contributed by atoms with Crippen LogP contribution < -0.4 is 10.0 Å². The van der Waals surface area contributed by atoms with Gasteiger partial charge in [0.25, 0.3) is 5.92 Å². The molecular weight excluding hydrogens is 601 g/mol. The van der Waals surface area contributed by atoms with Crippen LogP contribution in [0.1, 0.15) is 60.5 Å². The van der Waals surface area contributed by atoms with Crippen LogP contribution in [0.15, 0.2) is 73.3 Å². The number of carbonyl (C=O) groups excluding carboxylic acids is 1. The van der Waals surface area contributed by atoms with E-state index in [-0.39, 0.29) is 29.9 Å². The number of hydrogen-bond acceptors (Lipinski definition) is 4. The maximum absolute atomic E-state index is 14.9. The zero-order valence-electron chi connectivity index (χ0n) is 28.1. The molecule has 6 nitrogen and oxygen atoms in total. The van der Waals surface area contributed by atoms with Gasteiger partial charge in [-0.1, -0.05) is 73.7 Å². The maximum Gasteiger partial charge on any atom is 0.325 e. The normalized spacial score (nSPS) is 15.5. The molecule has 0 radical (unpaired) electrons. The average molecular weight is 651 g/mol. The van der Waals surface area contributed by atoms with Crippen molar-refractivity contribution in [2.75, 3.05) is 60.0 Å². The van der Waals surface area contributed by atoms with Crippen molar-refractivity contribution in [3.8, 4) is 5.75 Å². The van der Waals surface area contributed by atoms with Crippen molar-refractivity contribution < 1.29 is 18.3 Å². The molecule has 0 aliphatic carbocycles. The number of urea groups is 1. The zero-order chi connectivity index (χ0) is 33.6. The van der Waals surface area contributed by atoms with E-state index in [0.717, 1.165) is 55.1 Å². The number of halogens is 2. The number of likely N-dealkylation sites (N-methyl/N-ethyl adjacent to an activating group) is 1. The number of hydrogen-bond donors (Lipinski definition) is 0. The van der Waals surface area contributed by atoms with Gasteiger partial charge in [-0.25, -0.2) is 13.6 Å². The summed E-state index contributed by atoms with van der Waals surface area (Å²) >= 11 is 0. The summed E-state index contributed by atoms with van der Waals surface area (Å²) < 4.78 is 34.8. The summed E-state index contributed by atoms with van der Waals surface area (Å²) in [5, 5.41) is 1.07. The Balaban J connectivity index is 1.82. The van der Waals surface area contributed by atoms with E-state index in [2.05, 4.69) is 83.0 Å². The van der Waals surface area contributed by atoms with Gasteiger partial charge in [0.05, 0.1) is 12.6 Å². The molecule has 1 heterocycles. The molecule has 0 aromatic heterocycles. The van der Waals surface area contributed by atoms with E-state index in [1.807, 2.05) is 30.9 Å². The van der Waals surface area contributed by atoms with Crippen LogP contribution >= 0.6 is 9.24 Å². The Morgan fingerprint density at radius 2 is 1.61 bits per heavy atom. The number of alkyl halides is 2. The molecule has 0 spiro atoms. The molecule has 3 aromatic rings. The molecule has 1 fully saturated rings. The van der Waals surface area contributed by atoms with E-state index >= 15 is 0 Å². The lowest BCUT2D eigenvalue weighted by Gasteiger charge is -2.43. The smallest absolute Gasteiger partial charge is 0.325 e. The van der Waals surface area contributed by atoms with Crippen LogP contribution in [0.5, 0.6) is 5.75 Å². The molecular formula is C37H49F2N4O2P. The molecule has 0 saturated carbocycles. The molecule has 3 atom stereocenters. The zero-order valence-corrected chi connectivity index (χ0v) is 29.3. The van der Waals surface area contributed by atoms with Gasteiger partial charge in [0.2, 0.25) is 0 Å². The van der Waals surface area contributed by atoms with E-state index in [9.17, 15) is 13.6 Å². The highest BCUT2D eigenvalue weighted by atomic mass is 31.0. The Morgan fingerprint density at radius 1 is 1.00 bits per heavy atom. The fourth-order valence-corrected chi connectivity index (χ4v) is 6.10. The lowest BCUT2D eigenvalue weighted by molar-refractivity contribution is 0.0172. The first-order valence-corrected chi connectivity index (χ1v) is 16.6. The van der Waals surface area contributed by atoms with Crippen LogP contribution in [0, 0.1) is 6.92 Å². The first-order chi connectivity index (χ1) is 21.8. The minimum Gasteiger partial charge on any atom is -0.493 e. The van der Waals surface area contributed by atoms with Crippen molar-refractivity contribution >= 4 is 26.3 Å². The van der Waals surface area contributed by atoms with E-state index in [1.165, 1.54) is 12.1 Å². The van der Waals surface area contributed by atoms with Crippen LogP contribution in [0.25, 0.3) is 5.70 Å². The third kappa shape index (κ3) is 8.72. The summed E-state index contributed by atoms with van der Waals surface area (Å²) in [7, 11) is 6.85. The van der Waals surface area contributed by atoms with Crippen molar-refractivity contribution in [2.45, 2.75) is 45.6 Å². The summed E-state index contributed by atoms with van der Waals surface area (Å²) in [6.45, 7) is 16.2. The Hall–Kier alpha value is -3.32. The number of carbonyl (C=O) groups is 1. The Kier molecular flexibility index (Phi) is 12.0. The number of rotatable bonds is 12. The summed E-state index contributed by atoms with van der Waals surface area (Å²) in [6, 6.07) is 20.3. The molecule has 3 aromatic carbocycles. The first-order valence-electron chi connectivity index (χ1n) is 16.0. The van der Waals surface area contributed by atoms with E-state index in [0.29, 0.717) is 24.4 Å². The van der Waals surface area contributed by atoms with Crippen molar-refractivity contribution in [3.63, 3.8) is 0 Å². The molecule has 4 rings (SSSR count). The molecule has 2 amide bonds. The lowest BCUT2D eigenvalue weighted by Crippen LogP contribution is -2.54. The second-order valence-electron chi connectivity index (χ2n) is 12.6. The van der Waals surface area contributed by atoms with Gasteiger partial charge in [-0.2, -0.15) is 0 Å². The van der Waals surface area contributed by atoms with Crippen molar-refractivity contribution in [3.05, 3.63) is 101 Å². The average Bonchev–Trinajstić information content (AvgIpc) is 3.02. The summed E-state index contributed by atoms with van der Waals surface area (Å²) in [6.07, 6.45) is 0. The quantitative estimate of drug-likeness (QED) is 0.196. The van der Waals surface area contributed by atoms with Crippen molar-refractivity contribution in [1.29, 1.82) is 0 Å². The monoisotopic (exact) mass is 650 g/mol. The van der Waals surface area contributed by atoms with Gasteiger partial charge in [-0.3, -0.25) is 9.80 Å². The van der Waals surface area contributed by atoms with Crippen LogP contribution in [0.2, 0.25) is 0 Å². The first kappa shape index (κ1) is 35.5. The molecule has 1 aliphatic heterocycles. The van der Waals surface area contributed by atoms with Crippen molar-refractivity contribution in [1.82, 2.24) is 19.6 Å². The van der Waals surface area contributed by atoms with Crippen LogP contribution in [-0.2, 0) is 5.92 Å². The fourth-order valence-electron chi connectivity index (χ4n) is 5.90. The van der Waals surface area contributed by atoms with Gasteiger partial charge < -0.3 is 14.5 Å². The number of ether oxygens (including phenoxy) is 1. The lowest BCUT2D eigenvalue weighted by atomic mass is 9.86. The van der Waals surface area contributed by atoms with E-state index in [4.69, 9.17) is 4.74 Å². The number of nitrogens with zero attached hydrogens (tertiary/aromatic N) is 4. The van der Waals surface area contributed by atoms with E-state index < -0.39 is 12.0 Å². The predicted octanol–water partition coefficient (Wildman–Crippen LogP) is 7.12. The van der Waals surface area contributed by atoms with Gasteiger partial charge in [-0.15, -0.1) is 9.24 Å². The van der Waals surface area contributed by atoms with Crippen molar-refractivity contribution in [2.24, 2.45) is 0 Å². The van der Waals surface area contributed by atoms with Gasteiger partial charge in [0.15, 0.2) is 0 Å². The fraction of sp³-hybridized carbons (Fsp3) is 0.432. The van der Waals surface area contributed by atoms with Crippen LogP contribution in [-0.4, -0.2) is 85.6 Å². The Labute approximate surface area is 276 Å². The molecule has 0 bridgehead atoms. The molecule has 9 heteroatoms. The Morgan fingerprint density at radius 3 is 2.17 bits per heavy atom. The summed E-state index contributed by atoms with van der Waals surface area (Å²) in [4.78, 5) is 23.1. The molecule has 46 heavy (non-hydrogen) atoms. The third-order valence-corrected chi connectivity index (χ3v) is 9.12. The standard InChI is InChI=1S/C37H49F2N4O2P/c1-8-45-34-25-31(37(5,38)39)15-18-33(34)28(4)43(36(44)42-23-21-41(22-24-42)20-19-40(6)7)35(30-11-9-26(2)10-12-30)27(3)29-13-16-32(46)17-14-29/h9-18,25,27,35H,4,8,19-24,46H2,1-3,5-7H3. The van der Waals surface area contributed by atoms with Gasteiger partial charge >= 0.3 is 6.03 Å². The maximum atomic E-state index is 14.9. The highest BCUT2D eigenvalue weighted by Gasteiger charge is 2.37. The molecule has 0 N–H and O–H groups in total. The minimum absolute atomic E-state index is 0.134. The summed E-state index contributed by atoms with van der Waals surface area (Å²) in [5.41, 5.74) is 3.92. The third-order valence-electron chi connectivity index (χ3n) is 8.74. The predicted molar refractivity (Wildman–Crippen MR) is 188 cm³/mol. The van der Waals surface area contributed by atoms with Gasteiger partial charge in [0.1, 0.15) is 5.75 Å². The molecule has 1 aliphatic rings. The highest BCUT2D eigenvalue weighted by Crippen LogP contribution is 2.43. The van der Waals surface area contributed by atoms with Gasteiger partial charge in [-0.05, 0) is 56.5 Å². The molecule has 3 unspecified atom stereocenters. The van der Waals surface area contributed by atoms with Crippen LogP contribution in [0.4, 0.5) is 13.6 Å². The number of aryl methyl sites for hydroxylation is 1. The largest absolute Gasteiger partial charge is 0.493 e. The SMILES string of the molecule is C=C(c1ccc(C(C)(F)F)cc1OCC)N(C(=O)N1CCN(CCN(C)C)CC1)C(c1ccc(C)cc1)C(C)c1ccc(P)cc1. The topological polar surface area (TPSA) is 39.3 Å². The van der Waals surface area contributed by atoms with Gasteiger partial charge in [0, 0.05) is 68.9 Å². The summed E-state index contributed by atoms with van der Waals surface area (Å²) in [5.74, 6) is -2.90. The minimum atomic E-state index is -3.05. The van der Waals surface area contributed by atoms with E-state index in [1.54, 1.807) is 11.0 Å². The molecule has 1 saturated heterocycles. The number of benzene rings is 3. The Bertz CT molecular complexity index is 1470. The highest BCUT2D eigenvalue weighted by molar-refractivity contribution is 7.27. The molecule has 248 valence electrons. The van der Waals surface area contributed by atoms with Crippen LogP contribution in [0.3, 0.4) is 0 Å². The number of amides is 2. The number of piperazine rings is 1.